The van der Waals surface area contributed by atoms with Crippen LogP contribution in [0.4, 0.5) is 5.69 Å². The molecule has 1 fully saturated rings. The van der Waals surface area contributed by atoms with Crippen molar-refractivity contribution >= 4 is 5.69 Å². The van der Waals surface area contributed by atoms with Gasteiger partial charge in [-0.2, -0.15) is 0 Å². The molecule has 0 bridgehead atoms. The van der Waals surface area contributed by atoms with Crippen LogP contribution in [0.2, 0.25) is 0 Å². The number of anilines is 1. The van der Waals surface area contributed by atoms with E-state index in [2.05, 4.69) is 41.5 Å². The summed E-state index contributed by atoms with van der Waals surface area (Å²) in [6.45, 7) is 4.12. The summed E-state index contributed by atoms with van der Waals surface area (Å²) < 4.78 is 5.41. The van der Waals surface area contributed by atoms with Crippen LogP contribution in [0.15, 0.2) is 24.3 Å². The Balaban J connectivity index is 1.75. The molecule has 1 saturated heterocycles. The summed E-state index contributed by atoms with van der Waals surface area (Å²) in [5.74, 6) is 0.861. The van der Waals surface area contributed by atoms with Crippen molar-refractivity contribution in [2.45, 2.75) is 25.8 Å². The van der Waals surface area contributed by atoms with Crippen molar-refractivity contribution in [3.8, 4) is 0 Å². The molecular formula is C16H26N2O. The second-order valence-corrected chi connectivity index (χ2v) is 5.53. The second kappa shape index (κ2) is 7.51. The van der Waals surface area contributed by atoms with Crippen molar-refractivity contribution in [2.75, 3.05) is 39.2 Å². The van der Waals surface area contributed by atoms with E-state index in [9.17, 15) is 0 Å². The van der Waals surface area contributed by atoms with Crippen LogP contribution in [0.3, 0.4) is 0 Å². The highest BCUT2D eigenvalue weighted by atomic mass is 16.5. The summed E-state index contributed by atoms with van der Waals surface area (Å²) in [5, 5.41) is 3.19. The molecule has 0 aliphatic carbocycles. The number of benzene rings is 1. The second-order valence-electron chi connectivity index (χ2n) is 5.53. The molecule has 0 aromatic heterocycles. The lowest BCUT2D eigenvalue weighted by atomic mass is 9.96. The molecular weight excluding hydrogens is 236 g/mol. The highest BCUT2D eigenvalue weighted by Crippen LogP contribution is 2.19. The van der Waals surface area contributed by atoms with Crippen LogP contribution in [0.5, 0.6) is 0 Å². The van der Waals surface area contributed by atoms with Gasteiger partial charge in [0.1, 0.15) is 0 Å². The zero-order chi connectivity index (χ0) is 13.5. The van der Waals surface area contributed by atoms with E-state index in [4.69, 9.17) is 4.74 Å². The highest BCUT2D eigenvalue weighted by molar-refractivity contribution is 5.44. The van der Waals surface area contributed by atoms with Crippen molar-refractivity contribution in [1.29, 1.82) is 0 Å². The summed E-state index contributed by atoms with van der Waals surface area (Å²) in [5.41, 5.74) is 2.57. The average Bonchev–Trinajstić information content (AvgIpc) is 2.46. The maximum atomic E-state index is 5.41. The predicted octanol–water partition coefficient (Wildman–Crippen LogP) is 2.98. The Morgan fingerprint density at radius 2 is 2.11 bits per heavy atom. The zero-order valence-corrected chi connectivity index (χ0v) is 12.2. The van der Waals surface area contributed by atoms with E-state index < -0.39 is 0 Å². The van der Waals surface area contributed by atoms with Gasteiger partial charge in [0.05, 0.1) is 0 Å². The first-order valence-corrected chi connectivity index (χ1v) is 7.31. The van der Waals surface area contributed by atoms with Crippen molar-refractivity contribution in [1.82, 2.24) is 4.90 Å². The number of nitrogens with one attached hydrogen (secondary N) is 1. The SMILES string of the molecule is CNc1cccc(CN(C)CCC2CCOCC2)c1. The fourth-order valence-electron chi connectivity index (χ4n) is 2.65. The molecule has 1 aliphatic heterocycles. The van der Waals surface area contributed by atoms with E-state index in [-0.39, 0.29) is 0 Å². The molecule has 1 aromatic carbocycles. The lowest BCUT2D eigenvalue weighted by Gasteiger charge is -2.25. The zero-order valence-electron chi connectivity index (χ0n) is 12.2. The maximum absolute atomic E-state index is 5.41. The van der Waals surface area contributed by atoms with Crippen molar-refractivity contribution < 1.29 is 4.74 Å². The minimum atomic E-state index is 0.861. The quantitative estimate of drug-likeness (QED) is 0.853. The molecule has 2 rings (SSSR count). The molecule has 0 atom stereocenters. The topological polar surface area (TPSA) is 24.5 Å². The molecule has 1 aliphatic rings. The van der Waals surface area contributed by atoms with Gasteiger partial charge in [0.25, 0.3) is 0 Å². The normalized spacial score (nSPS) is 16.8. The lowest BCUT2D eigenvalue weighted by molar-refractivity contribution is 0.0608. The van der Waals surface area contributed by atoms with Gasteiger partial charge in [0.15, 0.2) is 0 Å². The Morgan fingerprint density at radius 3 is 2.84 bits per heavy atom. The Labute approximate surface area is 116 Å². The van der Waals surface area contributed by atoms with E-state index in [1.54, 1.807) is 0 Å². The highest BCUT2D eigenvalue weighted by Gasteiger charge is 2.14. The standard InChI is InChI=1S/C16H26N2O/c1-17-16-5-3-4-15(12-16)13-18(2)9-6-14-7-10-19-11-8-14/h3-5,12,14,17H,6-11,13H2,1-2H3. The summed E-state index contributed by atoms with van der Waals surface area (Å²) in [7, 11) is 4.18. The van der Waals surface area contributed by atoms with Crippen molar-refractivity contribution in [2.24, 2.45) is 5.92 Å². The van der Waals surface area contributed by atoms with Gasteiger partial charge in [-0.05, 0) is 56.5 Å². The van der Waals surface area contributed by atoms with E-state index in [0.29, 0.717) is 0 Å². The third-order valence-corrected chi connectivity index (χ3v) is 3.93. The Morgan fingerprint density at radius 1 is 1.32 bits per heavy atom. The fraction of sp³-hybridized carbons (Fsp3) is 0.625. The van der Waals surface area contributed by atoms with Crippen LogP contribution in [-0.2, 0) is 11.3 Å². The predicted molar refractivity (Wildman–Crippen MR) is 80.5 cm³/mol. The molecule has 1 aromatic rings. The number of hydrogen-bond acceptors (Lipinski definition) is 3. The monoisotopic (exact) mass is 262 g/mol. The Hall–Kier alpha value is -1.06. The maximum Gasteiger partial charge on any atom is 0.0468 e. The lowest BCUT2D eigenvalue weighted by Crippen LogP contribution is -2.24. The van der Waals surface area contributed by atoms with Gasteiger partial charge in [-0.25, -0.2) is 0 Å². The molecule has 3 nitrogen and oxygen atoms in total. The molecule has 3 heteroatoms. The minimum absolute atomic E-state index is 0.861. The fourth-order valence-corrected chi connectivity index (χ4v) is 2.65. The van der Waals surface area contributed by atoms with Crippen LogP contribution >= 0.6 is 0 Å². The first-order valence-electron chi connectivity index (χ1n) is 7.31. The molecule has 1 N–H and O–H groups in total. The molecule has 106 valence electrons. The summed E-state index contributed by atoms with van der Waals surface area (Å²) in [6, 6.07) is 8.65. The van der Waals surface area contributed by atoms with Gasteiger partial charge in [-0.15, -0.1) is 0 Å². The number of nitrogens with zero attached hydrogens (tertiary/aromatic N) is 1. The van der Waals surface area contributed by atoms with Gasteiger partial charge in [0, 0.05) is 32.5 Å². The average molecular weight is 262 g/mol. The van der Waals surface area contributed by atoms with Gasteiger partial charge >= 0.3 is 0 Å². The van der Waals surface area contributed by atoms with Crippen LogP contribution in [0, 0.1) is 5.92 Å². The molecule has 0 spiro atoms. The van der Waals surface area contributed by atoms with Crippen LogP contribution in [-0.4, -0.2) is 38.8 Å². The van der Waals surface area contributed by atoms with Gasteiger partial charge in [-0.3, -0.25) is 0 Å². The summed E-state index contributed by atoms with van der Waals surface area (Å²) in [6.07, 6.45) is 3.78. The van der Waals surface area contributed by atoms with Crippen molar-refractivity contribution in [3.63, 3.8) is 0 Å². The first kappa shape index (κ1) is 14.4. The molecule has 0 radical (unpaired) electrons. The Kier molecular flexibility index (Phi) is 5.67. The molecule has 0 saturated carbocycles. The van der Waals surface area contributed by atoms with E-state index >= 15 is 0 Å². The third-order valence-electron chi connectivity index (χ3n) is 3.93. The first-order chi connectivity index (χ1) is 9.28. The van der Waals surface area contributed by atoms with Gasteiger partial charge in [0.2, 0.25) is 0 Å². The van der Waals surface area contributed by atoms with Gasteiger partial charge in [-0.1, -0.05) is 12.1 Å². The smallest absolute Gasteiger partial charge is 0.0468 e. The summed E-state index contributed by atoms with van der Waals surface area (Å²) >= 11 is 0. The molecule has 1 heterocycles. The van der Waals surface area contributed by atoms with E-state index in [1.807, 2.05) is 7.05 Å². The van der Waals surface area contributed by atoms with Crippen molar-refractivity contribution in [3.05, 3.63) is 29.8 Å². The van der Waals surface area contributed by atoms with Crippen LogP contribution in [0.1, 0.15) is 24.8 Å². The molecule has 0 unspecified atom stereocenters. The van der Waals surface area contributed by atoms with E-state index in [0.717, 1.165) is 25.7 Å². The van der Waals surface area contributed by atoms with Crippen LogP contribution < -0.4 is 5.32 Å². The summed E-state index contributed by atoms with van der Waals surface area (Å²) in [4.78, 5) is 2.42. The third kappa shape index (κ3) is 4.84. The minimum Gasteiger partial charge on any atom is -0.388 e. The van der Waals surface area contributed by atoms with Gasteiger partial charge < -0.3 is 15.0 Å². The Bertz CT molecular complexity index is 375. The molecule has 0 amide bonds. The largest absolute Gasteiger partial charge is 0.388 e. The number of ether oxygens (including phenoxy) is 1. The number of rotatable bonds is 6. The molecule has 19 heavy (non-hydrogen) atoms. The van der Waals surface area contributed by atoms with Crippen LogP contribution in [0.25, 0.3) is 0 Å². The van der Waals surface area contributed by atoms with E-state index in [1.165, 1.54) is 37.1 Å². The number of hydrogen-bond donors (Lipinski definition) is 1.